The molecule has 17 heavy (non-hydrogen) atoms. The van der Waals surface area contributed by atoms with Crippen molar-refractivity contribution in [1.29, 1.82) is 0 Å². The Bertz CT molecular complexity index is 480. The highest BCUT2D eigenvalue weighted by Crippen LogP contribution is 2.29. The molecule has 5 heteroatoms. The van der Waals surface area contributed by atoms with E-state index in [1.807, 2.05) is 0 Å². The highest BCUT2D eigenvalue weighted by atomic mass is 79.9. The minimum Gasteiger partial charge on any atom is -0.478 e. The number of hydrogen-bond donors (Lipinski definition) is 2. The maximum Gasteiger partial charge on any atom is 0.336 e. The van der Waals surface area contributed by atoms with E-state index in [1.54, 1.807) is 13.8 Å². The molecule has 0 amide bonds. The minimum absolute atomic E-state index is 0.115. The SMILES string of the molecule is CCc1cc(C(=O)O)c(Br)c(CC)c1C(=O)O. The summed E-state index contributed by atoms with van der Waals surface area (Å²) in [5, 5.41) is 18.3. The van der Waals surface area contributed by atoms with E-state index in [0.717, 1.165) is 0 Å². The van der Waals surface area contributed by atoms with Crippen LogP contribution in [0.15, 0.2) is 10.5 Å². The second-order valence-corrected chi connectivity index (χ2v) is 4.36. The molecule has 1 aromatic rings. The van der Waals surface area contributed by atoms with Crippen molar-refractivity contribution in [1.82, 2.24) is 0 Å². The number of aromatic carboxylic acids is 2. The molecule has 0 atom stereocenters. The van der Waals surface area contributed by atoms with E-state index < -0.39 is 11.9 Å². The van der Waals surface area contributed by atoms with Crippen molar-refractivity contribution >= 4 is 27.9 Å². The van der Waals surface area contributed by atoms with Crippen LogP contribution in [-0.2, 0) is 12.8 Å². The van der Waals surface area contributed by atoms with Crippen LogP contribution >= 0.6 is 15.9 Å². The maximum atomic E-state index is 11.2. The van der Waals surface area contributed by atoms with Gasteiger partial charge in [-0.3, -0.25) is 0 Å². The van der Waals surface area contributed by atoms with Gasteiger partial charge in [-0.2, -0.15) is 0 Å². The zero-order chi connectivity index (χ0) is 13.2. The normalized spacial score (nSPS) is 10.3. The molecule has 0 saturated carbocycles. The first-order chi connectivity index (χ1) is 7.93. The fraction of sp³-hybridized carbons (Fsp3) is 0.333. The summed E-state index contributed by atoms with van der Waals surface area (Å²) in [5.74, 6) is -2.07. The minimum atomic E-state index is -1.06. The van der Waals surface area contributed by atoms with Gasteiger partial charge in [-0.25, -0.2) is 9.59 Å². The molecule has 0 saturated heterocycles. The van der Waals surface area contributed by atoms with Gasteiger partial charge in [-0.05, 0) is 46.0 Å². The van der Waals surface area contributed by atoms with E-state index >= 15 is 0 Å². The van der Waals surface area contributed by atoms with Crippen LogP contribution in [0.25, 0.3) is 0 Å². The Balaban J connectivity index is 3.67. The highest BCUT2D eigenvalue weighted by molar-refractivity contribution is 9.10. The molecular formula is C12H13BrO4. The molecular weight excluding hydrogens is 288 g/mol. The number of carbonyl (C=O) groups is 2. The molecule has 0 unspecified atom stereocenters. The molecule has 0 spiro atoms. The lowest BCUT2D eigenvalue weighted by Gasteiger charge is -2.13. The maximum absolute atomic E-state index is 11.2. The Morgan fingerprint density at radius 1 is 1.18 bits per heavy atom. The zero-order valence-corrected chi connectivity index (χ0v) is 11.2. The quantitative estimate of drug-likeness (QED) is 0.896. The fourth-order valence-electron chi connectivity index (χ4n) is 1.81. The topological polar surface area (TPSA) is 74.6 Å². The lowest BCUT2D eigenvalue weighted by Crippen LogP contribution is -2.11. The molecule has 0 aliphatic carbocycles. The van der Waals surface area contributed by atoms with Gasteiger partial charge in [0.1, 0.15) is 0 Å². The summed E-state index contributed by atoms with van der Waals surface area (Å²) in [5.41, 5.74) is 1.42. The molecule has 1 aromatic carbocycles. The van der Waals surface area contributed by atoms with Crippen molar-refractivity contribution in [2.75, 3.05) is 0 Å². The van der Waals surface area contributed by atoms with Crippen molar-refractivity contribution in [3.05, 3.63) is 32.8 Å². The van der Waals surface area contributed by atoms with Crippen LogP contribution in [-0.4, -0.2) is 22.2 Å². The second-order valence-electron chi connectivity index (χ2n) is 3.57. The number of halogens is 1. The third-order valence-electron chi connectivity index (χ3n) is 2.62. The number of carboxylic acids is 2. The van der Waals surface area contributed by atoms with Crippen molar-refractivity contribution < 1.29 is 19.8 Å². The zero-order valence-electron chi connectivity index (χ0n) is 9.58. The van der Waals surface area contributed by atoms with E-state index in [4.69, 9.17) is 5.11 Å². The van der Waals surface area contributed by atoms with Gasteiger partial charge in [0.2, 0.25) is 0 Å². The lowest BCUT2D eigenvalue weighted by atomic mass is 9.94. The van der Waals surface area contributed by atoms with Gasteiger partial charge in [0.15, 0.2) is 0 Å². The average molecular weight is 301 g/mol. The molecule has 0 fully saturated rings. The largest absolute Gasteiger partial charge is 0.478 e. The van der Waals surface area contributed by atoms with Crippen LogP contribution in [0.4, 0.5) is 0 Å². The summed E-state index contributed by atoms with van der Waals surface area (Å²) in [6.07, 6.45) is 0.957. The van der Waals surface area contributed by atoms with E-state index in [1.165, 1.54) is 6.07 Å². The van der Waals surface area contributed by atoms with Crippen molar-refractivity contribution in [2.24, 2.45) is 0 Å². The van der Waals surface area contributed by atoms with E-state index in [0.29, 0.717) is 28.4 Å². The molecule has 0 heterocycles. The molecule has 2 N–H and O–H groups in total. The Hall–Kier alpha value is -1.36. The number of benzene rings is 1. The Kier molecular flexibility index (Phi) is 4.28. The van der Waals surface area contributed by atoms with Crippen LogP contribution in [0, 0.1) is 0 Å². The molecule has 0 aliphatic rings. The van der Waals surface area contributed by atoms with E-state index in [-0.39, 0.29) is 11.1 Å². The number of carboxylic acid groups (broad SMARTS) is 2. The van der Waals surface area contributed by atoms with E-state index in [9.17, 15) is 14.7 Å². The van der Waals surface area contributed by atoms with Gasteiger partial charge in [-0.1, -0.05) is 13.8 Å². The van der Waals surface area contributed by atoms with Crippen LogP contribution in [0.2, 0.25) is 0 Å². The third kappa shape index (κ3) is 2.49. The summed E-state index contributed by atoms with van der Waals surface area (Å²) in [4.78, 5) is 22.3. The van der Waals surface area contributed by atoms with Gasteiger partial charge in [0, 0.05) is 4.47 Å². The van der Waals surface area contributed by atoms with Crippen molar-refractivity contribution in [3.63, 3.8) is 0 Å². The monoisotopic (exact) mass is 300 g/mol. The van der Waals surface area contributed by atoms with E-state index in [2.05, 4.69) is 15.9 Å². The van der Waals surface area contributed by atoms with Gasteiger partial charge in [0.25, 0.3) is 0 Å². The van der Waals surface area contributed by atoms with Crippen molar-refractivity contribution in [2.45, 2.75) is 26.7 Å². The number of aryl methyl sites for hydroxylation is 1. The Morgan fingerprint density at radius 3 is 2.12 bits per heavy atom. The number of hydrogen-bond acceptors (Lipinski definition) is 2. The standard InChI is InChI=1S/C12H13BrO4/c1-3-6-5-8(11(14)15)10(13)7(4-2)9(6)12(16)17/h5H,3-4H2,1-2H3,(H,14,15)(H,16,17). The molecule has 92 valence electrons. The first-order valence-corrected chi connectivity index (χ1v) is 6.04. The van der Waals surface area contributed by atoms with Gasteiger partial charge in [0.05, 0.1) is 11.1 Å². The summed E-state index contributed by atoms with van der Waals surface area (Å²) < 4.78 is 0.363. The van der Waals surface area contributed by atoms with Crippen LogP contribution in [0.3, 0.4) is 0 Å². The first-order valence-electron chi connectivity index (χ1n) is 5.24. The smallest absolute Gasteiger partial charge is 0.336 e. The molecule has 4 nitrogen and oxygen atoms in total. The highest BCUT2D eigenvalue weighted by Gasteiger charge is 2.21. The number of rotatable bonds is 4. The molecule has 0 radical (unpaired) electrons. The lowest BCUT2D eigenvalue weighted by molar-refractivity contribution is 0.0678. The van der Waals surface area contributed by atoms with Crippen molar-refractivity contribution in [3.8, 4) is 0 Å². The average Bonchev–Trinajstić information content (AvgIpc) is 2.27. The second kappa shape index (κ2) is 5.31. The summed E-state index contributed by atoms with van der Waals surface area (Å²) in [6.45, 7) is 3.61. The molecule has 1 rings (SSSR count). The summed E-state index contributed by atoms with van der Waals surface area (Å²) >= 11 is 3.18. The Labute approximate surface area is 107 Å². The summed E-state index contributed by atoms with van der Waals surface area (Å²) in [7, 11) is 0. The van der Waals surface area contributed by atoms with Gasteiger partial charge in [-0.15, -0.1) is 0 Å². The molecule has 0 bridgehead atoms. The van der Waals surface area contributed by atoms with Crippen LogP contribution in [0.1, 0.15) is 45.7 Å². The van der Waals surface area contributed by atoms with Gasteiger partial charge < -0.3 is 10.2 Å². The third-order valence-corrected chi connectivity index (χ3v) is 3.53. The van der Waals surface area contributed by atoms with Crippen LogP contribution < -0.4 is 0 Å². The molecule has 0 aliphatic heterocycles. The predicted octanol–water partition coefficient (Wildman–Crippen LogP) is 2.97. The molecule has 0 aromatic heterocycles. The van der Waals surface area contributed by atoms with Crippen LogP contribution in [0.5, 0.6) is 0 Å². The fourth-order valence-corrected chi connectivity index (χ4v) is 2.57. The summed E-state index contributed by atoms with van der Waals surface area (Å²) in [6, 6.07) is 1.43. The first kappa shape index (κ1) is 13.7. The predicted molar refractivity (Wildman–Crippen MR) is 66.8 cm³/mol. The van der Waals surface area contributed by atoms with Gasteiger partial charge >= 0.3 is 11.9 Å². The Morgan fingerprint density at radius 2 is 1.76 bits per heavy atom.